The molecule has 5 heteroatoms. The SMILES string of the molecule is CC.CC1OC(CO)CC(CC(=O)OC(C)(C)C)O1. The molecule has 0 amide bonds. The molecular formula is C14H28O5. The fraction of sp³-hybridized carbons (Fsp3) is 0.929. The van der Waals surface area contributed by atoms with Crippen molar-refractivity contribution >= 4 is 5.97 Å². The maximum Gasteiger partial charge on any atom is 0.308 e. The third-order valence-corrected chi connectivity index (χ3v) is 2.31. The molecule has 1 heterocycles. The van der Waals surface area contributed by atoms with Gasteiger partial charge in [0.05, 0.1) is 25.2 Å². The zero-order valence-electron chi connectivity index (χ0n) is 12.9. The van der Waals surface area contributed by atoms with E-state index in [1.165, 1.54) is 0 Å². The summed E-state index contributed by atoms with van der Waals surface area (Å²) in [4.78, 5) is 11.6. The van der Waals surface area contributed by atoms with Crippen molar-refractivity contribution in [3.63, 3.8) is 0 Å². The van der Waals surface area contributed by atoms with Gasteiger partial charge in [-0.2, -0.15) is 0 Å². The molecular weight excluding hydrogens is 248 g/mol. The minimum atomic E-state index is -0.482. The lowest BCUT2D eigenvalue weighted by Gasteiger charge is -2.33. The lowest BCUT2D eigenvalue weighted by molar-refractivity contribution is -0.242. The smallest absolute Gasteiger partial charge is 0.308 e. The summed E-state index contributed by atoms with van der Waals surface area (Å²) in [6.07, 6.45) is -0.188. The highest BCUT2D eigenvalue weighted by molar-refractivity contribution is 5.70. The summed E-state index contributed by atoms with van der Waals surface area (Å²) in [7, 11) is 0. The van der Waals surface area contributed by atoms with E-state index in [9.17, 15) is 4.79 Å². The first-order valence-electron chi connectivity index (χ1n) is 6.94. The van der Waals surface area contributed by atoms with Crippen LogP contribution in [0.4, 0.5) is 0 Å². The van der Waals surface area contributed by atoms with E-state index < -0.39 is 11.9 Å². The fourth-order valence-corrected chi connectivity index (χ4v) is 1.80. The van der Waals surface area contributed by atoms with Gasteiger partial charge in [0.25, 0.3) is 0 Å². The molecule has 114 valence electrons. The number of esters is 1. The van der Waals surface area contributed by atoms with Crippen molar-refractivity contribution in [2.24, 2.45) is 0 Å². The summed E-state index contributed by atoms with van der Waals surface area (Å²) < 4.78 is 16.0. The molecule has 0 bridgehead atoms. The molecule has 1 aliphatic heterocycles. The van der Waals surface area contributed by atoms with Crippen molar-refractivity contribution in [2.45, 2.75) is 78.5 Å². The van der Waals surface area contributed by atoms with Gasteiger partial charge < -0.3 is 19.3 Å². The van der Waals surface area contributed by atoms with Crippen LogP contribution in [0.15, 0.2) is 0 Å². The molecule has 1 saturated heterocycles. The topological polar surface area (TPSA) is 65.0 Å². The summed E-state index contributed by atoms with van der Waals surface area (Å²) in [6.45, 7) is 11.2. The van der Waals surface area contributed by atoms with Gasteiger partial charge in [-0.1, -0.05) is 13.8 Å². The molecule has 1 fully saturated rings. The lowest BCUT2D eigenvalue weighted by Crippen LogP contribution is -2.40. The summed E-state index contributed by atoms with van der Waals surface area (Å²) >= 11 is 0. The average molecular weight is 276 g/mol. The Bertz CT molecular complexity index is 259. The first-order valence-corrected chi connectivity index (χ1v) is 6.94. The minimum absolute atomic E-state index is 0.0570. The largest absolute Gasteiger partial charge is 0.460 e. The second-order valence-corrected chi connectivity index (χ2v) is 5.29. The molecule has 0 spiro atoms. The Morgan fingerprint density at radius 3 is 2.26 bits per heavy atom. The van der Waals surface area contributed by atoms with E-state index in [0.29, 0.717) is 6.42 Å². The molecule has 1 N–H and O–H groups in total. The molecule has 0 aromatic rings. The van der Waals surface area contributed by atoms with Crippen molar-refractivity contribution in [3.8, 4) is 0 Å². The van der Waals surface area contributed by atoms with Gasteiger partial charge in [0.15, 0.2) is 6.29 Å². The Morgan fingerprint density at radius 1 is 1.26 bits per heavy atom. The van der Waals surface area contributed by atoms with Gasteiger partial charge in [-0.05, 0) is 27.7 Å². The monoisotopic (exact) mass is 276 g/mol. The maximum absolute atomic E-state index is 11.6. The van der Waals surface area contributed by atoms with Crippen molar-refractivity contribution in [1.29, 1.82) is 0 Å². The van der Waals surface area contributed by atoms with Crippen molar-refractivity contribution in [2.75, 3.05) is 6.61 Å². The normalized spacial score (nSPS) is 27.2. The number of rotatable bonds is 3. The molecule has 5 nitrogen and oxygen atoms in total. The number of aliphatic hydroxyl groups is 1. The van der Waals surface area contributed by atoms with Crippen LogP contribution in [0.2, 0.25) is 0 Å². The van der Waals surface area contributed by atoms with Crippen LogP contribution in [-0.2, 0) is 19.0 Å². The second-order valence-electron chi connectivity index (χ2n) is 5.29. The molecule has 3 unspecified atom stereocenters. The molecule has 0 aromatic carbocycles. The van der Waals surface area contributed by atoms with Crippen molar-refractivity contribution in [3.05, 3.63) is 0 Å². The Morgan fingerprint density at radius 2 is 1.79 bits per heavy atom. The maximum atomic E-state index is 11.6. The van der Waals surface area contributed by atoms with Crippen LogP contribution in [0.1, 0.15) is 54.4 Å². The molecule has 0 radical (unpaired) electrons. The number of hydrogen-bond donors (Lipinski definition) is 1. The minimum Gasteiger partial charge on any atom is -0.460 e. The zero-order valence-corrected chi connectivity index (χ0v) is 12.9. The van der Waals surface area contributed by atoms with E-state index >= 15 is 0 Å². The van der Waals surface area contributed by atoms with E-state index in [4.69, 9.17) is 19.3 Å². The van der Waals surface area contributed by atoms with E-state index in [-0.39, 0.29) is 31.2 Å². The number of hydrogen-bond acceptors (Lipinski definition) is 5. The number of ether oxygens (including phenoxy) is 3. The van der Waals surface area contributed by atoms with Crippen LogP contribution in [0, 0.1) is 0 Å². The van der Waals surface area contributed by atoms with Gasteiger partial charge in [0.2, 0.25) is 0 Å². The number of aliphatic hydroxyl groups excluding tert-OH is 1. The second kappa shape index (κ2) is 8.51. The highest BCUT2D eigenvalue weighted by Gasteiger charge is 2.30. The standard InChI is InChI=1S/C12H22O5.C2H6/c1-8-15-9(5-10(7-13)16-8)6-11(14)17-12(2,3)4;1-2/h8-10,13H,5-7H2,1-4H3;1-2H3. The van der Waals surface area contributed by atoms with E-state index in [1.807, 2.05) is 34.6 Å². The highest BCUT2D eigenvalue weighted by Crippen LogP contribution is 2.21. The molecule has 0 aromatic heterocycles. The summed E-state index contributed by atoms with van der Waals surface area (Å²) in [6, 6.07) is 0. The van der Waals surface area contributed by atoms with E-state index in [1.54, 1.807) is 6.92 Å². The summed E-state index contributed by atoms with van der Waals surface area (Å²) in [5.41, 5.74) is -0.482. The summed E-state index contributed by atoms with van der Waals surface area (Å²) in [5, 5.41) is 9.05. The zero-order chi connectivity index (χ0) is 15.1. The number of carbonyl (C=O) groups excluding carboxylic acids is 1. The lowest BCUT2D eigenvalue weighted by atomic mass is 10.1. The predicted octanol–water partition coefficient (Wildman–Crippen LogP) is 2.26. The third-order valence-electron chi connectivity index (χ3n) is 2.31. The molecule has 0 saturated carbocycles. The van der Waals surface area contributed by atoms with Gasteiger partial charge in [-0.25, -0.2) is 0 Å². The van der Waals surface area contributed by atoms with E-state index in [2.05, 4.69) is 0 Å². The van der Waals surface area contributed by atoms with Crippen LogP contribution >= 0.6 is 0 Å². The van der Waals surface area contributed by atoms with Gasteiger partial charge in [0.1, 0.15) is 5.60 Å². The van der Waals surface area contributed by atoms with Gasteiger partial charge >= 0.3 is 5.97 Å². The molecule has 1 aliphatic rings. The summed E-state index contributed by atoms with van der Waals surface area (Å²) in [5.74, 6) is -0.284. The fourth-order valence-electron chi connectivity index (χ4n) is 1.80. The quantitative estimate of drug-likeness (QED) is 0.801. The Hall–Kier alpha value is -0.650. The first-order chi connectivity index (χ1) is 8.80. The Kier molecular flexibility index (Phi) is 8.22. The predicted molar refractivity (Wildman–Crippen MR) is 72.7 cm³/mol. The molecule has 1 rings (SSSR count). The highest BCUT2D eigenvalue weighted by atomic mass is 16.7. The molecule has 0 aliphatic carbocycles. The van der Waals surface area contributed by atoms with Crippen LogP contribution in [0.3, 0.4) is 0 Å². The van der Waals surface area contributed by atoms with Crippen LogP contribution < -0.4 is 0 Å². The van der Waals surface area contributed by atoms with Gasteiger partial charge in [-0.15, -0.1) is 0 Å². The number of carbonyl (C=O) groups is 1. The van der Waals surface area contributed by atoms with Crippen LogP contribution in [-0.4, -0.2) is 41.8 Å². The Labute approximate surface area is 116 Å². The van der Waals surface area contributed by atoms with E-state index in [0.717, 1.165) is 0 Å². The molecule has 19 heavy (non-hydrogen) atoms. The molecule has 3 atom stereocenters. The van der Waals surface area contributed by atoms with Crippen molar-refractivity contribution < 1.29 is 24.1 Å². The van der Waals surface area contributed by atoms with Crippen LogP contribution in [0.5, 0.6) is 0 Å². The van der Waals surface area contributed by atoms with Gasteiger partial charge in [-0.3, -0.25) is 4.79 Å². The van der Waals surface area contributed by atoms with Crippen LogP contribution in [0.25, 0.3) is 0 Å². The third kappa shape index (κ3) is 8.18. The van der Waals surface area contributed by atoms with Crippen molar-refractivity contribution in [1.82, 2.24) is 0 Å². The first kappa shape index (κ1) is 18.4. The Balaban J connectivity index is 0.00000154. The average Bonchev–Trinajstić information content (AvgIpc) is 2.28. The van der Waals surface area contributed by atoms with Gasteiger partial charge in [0, 0.05) is 6.42 Å².